The largest absolute Gasteiger partial charge is 0.437 e. The zero-order valence-electron chi connectivity index (χ0n) is 18.1. The summed E-state index contributed by atoms with van der Waals surface area (Å²) in [6, 6.07) is 8.02. The molecule has 0 saturated heterocycles. The van der Waals surface area contributed by atoms with E-state index in [1.807, 2.05) is 0 Å². The lowest BCUT2D eigenvalue weighted by molar-refractivity contribution is -0.106. The monoisotopic (exact) mass is 490 g/mol. The molecule has 11 heteroatoms. The Morgan fingerprint density at radius 1 is 1.00 bits per heavy atom. The van der Waals surface area contributed by atoms with Crippen molar-refractivity contribution >= 4 is 0 Å². The number of pyridine rings is 1. The van der Waals surface area contributed by atoms with Crippen LogP contribution in [-0.4, -0.2) is 40.1 Å². The van der Waals surface area contributed by atoms with Crippen LogP contribution in [0.2, 0.25) is 0 Å². The van der Waals surface area contributed by atoms with Crippen molar-refractivity contribution in [3.05, 3.63) is 94.2 Å². The first-order valence-corrected chi connectivity index (χ1v) is 10.2. The lowest BCUT2D eigenvalue weighted by Gasteiger charge is -2.24. The number of methoxy groups -OCH3 is 1. The van der Waals surface area contributed by atoms with E-state index in [2.05, 4.69) is 4.98 Å². The second kappa shape index (κ2) is 9.45. The first-order chi connectivity index (χ1) is 16.7. The minimum atomic E-state index is -1.82. The van der Waals surface area contributed by atoms with Gasteiger partial charge in [0.15, 0.2) is 11.4 Å². The van der Waals surface area contributed by atoms with Gasteiger partial charge in [-0.3, -0.25) is 9.36 Å². The first kappa shape index (κ1) is 24.3. The molecule has 4 aromatic rings. The van der Waals surface area contributed by atoms with Crippen molar-refractivity contribution in [2.24, 2.45) is 0 Å². The molecule has 0 bridgehead atoms. The highest BCUT2D eigenvalue weighted by Gasteiger charge is 2.38. The number of ether oxygens (including phenoxy) is 1. The molecule has 0 amide bonds. The average molecular weight is 490 g/mol. The van der Waals surface area contributed by atoms with Crippen molar-refractivity contribution in [3.8, 4) is 28.3 Å². The number of benzene rings is 2. The minimum Gasteiger partial charge on any atom is -0.437 e. The first-order valence-electron chi connectivity index (χ1n) is 10.2. The summed E-state index contributed by atoms with van der Waals surface area (Å²) in [5, 5.41) is 19.6. The Bertz CT molecular complexity index is 1420. The highest BCUT2D eigenvalue weighted by atomic mass is 19.1. The van der Waals surface area contributed by atoms with Gasteiger partial charge in [-0.05, 0) is 30.3 Å². The van der Waals surface area contributed by atoms with Crippen LogP contribution in [0.25, 0.3) is 28.3 Å². The van der Waals surface area contributed by atoms with E-state index in [0.717, 1.165) is 42.6 Å². The lowest BCUT2D eigenvalue weighted by Crippen LogP contribution is -2.37. The fraction of sp³-hybridized carbons (Fsp3) is 0.167. The molecule has 2 heterocycles. The fourth-order valence-corrected chi connectivity index (χ4v) is 3.49. The number of hydrogen-bond donors (Lipinski definition) is 2. The molecule has 0 fully saturated rings. The van der Waals surface area contributed by atoms with Gasteiger partial charge in [-0.1, -0.05) is 6.07 Å². The molecule has 2 aromatic carbocycles. The number of hydrogen-bond acceptors (Lipinski definition) is 6. The number of para-hydroxylation sites is 1. The molecule has 0 saturated carbocycles. The zero-order chi connectivity index (χ0) is 25.3. The highest BCUT2D eigenvalue weighted by Crippen LogP contribution is 2.38. The van der Waals surface area contributed by atoms with Crippen LogP contribution in [0.1, 0.15) is 5.89 Å². The third-order valence-electron chi connectivity index (χ3n) is 5.46. The van der Waals surface area contributed by atoms with E-state index in [0.29, 0.717) is 10.6 Å². The summed E-state index contributed by atoms with van der Waals surface area (Å²) in [6.45, 7) is -1.55. The number of aliphatic hydroxyl groups is 2. The molecule has 35 heavy (non-hydrogen) atoms. The molecule has 0 radical (unpaired) electrons. The summed E-state index contributed by atoms with van der Waals surface area (Å²) < 4.78 is 68.6. The van der Waals surface area contributed by atoms with Gasteiger partial charge in [0.05, 0.1) is 18.8 Å². The predicted molar refractivity (Wildman–Crippen MR) is 116 cm³/mol. The maximum Gasteiger partial charge on any atom is 0.255 e. The molecule has 0 aliphatic heterocycles. The van der Waals surface area contributed by atoms with Crippen LogP contribution in [0.3, 0.4) is 0 Å². The molecule has 2 N–H and O–H groups in total. The maximum atomic E-state index is 14.7. The molecule has 0 spiro atoms. The Morgan fingerprint density at radius 2 is 1.69 bits per heavy atom. The second-order valence-electron chi connectivity index (χ2n) is 7.53. The molecule has 4 rings (SSSR count). The van der Waals surface area contributed by atoms with Crippen LogP contribution in [0, 0.1) is 23.3 Å². The maximum absolute atomic E-state index is 14.7. The summed E-state index contributed by atoms with van der Waals surface area (Å²) in [6.07, 6.45) is 1.07. The van der Waals surface area contributed by atoms with Crippen molar-refractivity contribution in [3.63, 3.8) is 0 Å². The number of halogens is 4. The molecule has 2 aromatic heterocycles. The predicted octanol–water partition coefficient (Wildman–Crippen LogP) is 3.54. The Morgan fingerprint density at radius 3 is 2.29 bits per heavy atom. The third-order valence-corrected chi connectivity index (χ3v) is 5.46. The van der Waals surface area contributed by atoms with E-state index in [4.69, 9.17) is 9.15 Å². The van der Waals surface area contributed by atoms with Gasteiger partial charge in [0.2, 0.25) is 5.89 Å². The quantitative estimate of drug-likeness (QED) is 0.385. The van der Waals surface area contributed by atoms with Gasteiger partial charge in [-0.25, -0.2) is 22.5 Å². The second-order valence-corrected chi connectivity index (χ2v) is 7.53. The van der Waals surface area contributed by atoms with E-state index >= 15 is 0 Å². The van der Waals surface area contributed by atoms with E-state index in [1.54, 1.807) is 0 Å². The number of nitrogens with zero attached hydrogens (tertiary/aromatic N) is 2. The van der Waals surface area contributed by atoms with Crippen molar-refractivity contribution in [2.75, 3.05) is 20.3 Å². The summed E-state index contributed by atoms with van der Waals surface area (Å²) in [5.74, 6) is -4.50. The van der Waals surface area contributed by atoms with Crippen molar-refractivity contribution < 1.29 is 36.9 Å². The smallest absolute Gasteiger partial charge is 0.255 e. The molecule has 0 aliphatic carbocycles. The van der Waals surface area contributed by atoms with Gasteiger partial charge < -0.3 is 19.4 Å². The Hall–Kier alpha value is -3.80. The van der Waals surface area contributed by atoms with Gasteiger partial charge in [0.1, 0.15) is 34.7 Å². The number of aromatic nitrogens is 2. The van der Waals surface area contributed by atoms with Gasteiger partial charge in [-0.2, -0.15) is 0 Å². The van der Waals surface area contributed by atoms with Crippen molar-refractivity contribution in [2.45, 2.75) is 5.60 Å². The Balaban J connectivity index is 2.00. The van der Waals surface area contributed by atoms with E-state index < -0.39 is 53.3 Å². The third kappa shape index (κ3) is 4.25. The van der Waals surface area contributed by atoms with E-state index in [9.17, 15) is 32.6 Å². The molecular formula is C24H18F4N2O5. The Kier molecular flexibility index (Phi) is 6.57. The molecule has 0 atom stereocenters. The highest BCUT2D eigenvalue weighted by molar-refractivity contribution is 5.77. The van der Waals surface area contributed by atoms with Crippen LogP contribution < -0.4 is 5.56 Å². The fourth-order valence-electron chi connectivity index (χ4n) is 3.49. The summed E-state index contributed by atoms with van der Waals surface area (Å²) in [4.78, 5) is 16.7. The van der Waals surface area contributed by atoms with Crippen LogP contribution in [0.15, 0.2) is 63.9 Å². The van der Waals surface area contributed by atoms with Crippen LogP contribution in [0.5, 0.6) is 0 Å². The number of rotatable bonds is 7. The van der Waals surface area contributed by atoms with E-state index in [1.165, 1.54) is 13.2 Å². The van der Waals surface area contributed by atoms with Crippen LogP contribution in [0.4, 0.5) is 17.6 Å². The molecule has 182 valence electrons. The van der Waals surface area contributed by atoms with Crippen molar-refractivity contribution in [1.29, 1.82) is 0 Å². The molecular weight excluding hydrogens is 472 g/mol. The lowest BCUT2D eigenvalue weighted by atomic mass is 10.1. The normalized spacial score (nSPS) is 11.7. The van der Waals surface area contributed by atoms with Gasteiger partial charge in [-0.15, -0.1) is 0 Å². The molecule has 7 nitrogen and oxygen atoms in total. The van der Waals surface area contributed by atoms with Gasteiger partial charge in [0, 0.05) is 31.0 Å². The van der Waals surface area contributed by atoms with Crippen LogP contribution >= 0.6 is 0 Å². The van der Waals surface area contributed by atoms with Crippen molar-refractivity contribution in [1.82, 2.24) is 9.55 Å². The summed E-state index contributed by atoms with van der Waals surface area (Å²) in [7, 11) is 1.18. The summed E-state index contributed by atoms with van der Waals surface area (Å²) in [5.41, 5.74) is -3.55. The zero-order valence-corrected chi connectivity index (χ0v) is 18.1. The average Bonchev–Trinajstić information content (AvgIpc) is 3.27. The molecule has 0 unspecified atom stereocenters. The topological polar surface area (TPSA) is 97.7 Å². The summed E-state index contributed by atoms with van der Waals surface area (Å²) >= 11 is 0. The van der Waals surface area contributed by atoms with Gasteiger partial charge >= 0.3 is 0 Å². The molecule has 0 aliphatic rings. The minimum absolute atomic E-state index is 0.0573. The SMILES string of the molecule is COC(CO)(CO)c1nc(-c2ccc(=O)n(-c3c(F)cccc3F)c2)c(-c2ccc(F)cc2F)o1. The van der Waals surface area contributed by atoms with Gasteiger partial charge in [0.25, 0.3) is 5.56 Å². The number of oxazole rings is 1. The number of aliphatic hydroxyl groups excluding tert-OH is 2. The van der Waals surface area contributed by atoms with E-state index in [-0.39, 0.29) is 28.5 Å². The Labute approximate surface area is 195 Å². The standard InChI is InChI=1S/C24H18F4N2O5/c1-34-24(11-31,12-32)23-29-20(22(35-23)15-7-6-14(25)9-18(15)28)13-5-8-19(33)30(10-13)21-16(26)3-2-4-17(21)27/h2-10,31-32H,11-12H2,1H3. The van der Waals surface area contributed by atoms with Crippen LogP contribution in [-0.2, 0) is 10.3 Å².